The van der Waals surface area contributed by atoms with Crippen molar-refractivity contribution in [2.45, 2.75) is 19.1 Å². The van der Waals surface area contributed by atoms with E-state index in [9.17, 15) is 9.59 Å². The van der Waals surface area contributed by atoms with Crippen molar-refractivity contribution in [3.05, 3.63) is 71.3 Å². The van der Waals surface area contributed by atoms with Gasteiger partial charge in [0, 0.05) is 5.56 Å². The molecule has 0 aliphatic carbocycles. The maximum Gasteiger partial charge on any atom is 0.323 e. The van der Waals surface area contributed by atoms with Crippen molar-refractivity contribution in [2.24, 2.45) is 5.73 Å². The highest BCUT2D eigenvalue weighted by molar-refractivity contribution is 5.77. The normalized spacial score (nSPS) is 11.7. The minimum absolute atomic E-state index is 0.210. The van der Waals surface area contributed by atoms with Crippen LogP contribution in [0.2, 0.25) is 0 Å². The molecular formula is C17H17NO3. The average Bonchev–Trinajstić information content (AvgIpc) is 2.53. The smallest absolute Gasteiger partial charge is 0.323 e. The third kappa shape index (κ3) is 4.54. The van der Waals surface area contributed by atoms with E-state index >= 15 is 0 Å². The highest BCUT2D eigenvalue weighted by Crippen LogP contribution is 2.07. The second-order valence-corrected chi connectivity index (χ2v) is 4.77. The molecule has 21 heavy (non-hydrogen) atoms. The number of rotatable bonds is 6. The Morgan fingerprint density at radius 1 is 1.10 bits per heavy atom. The Labute approximate surface area is 123 Å². The zero-order valence-corrected chi connectivity index (χ0v) is 11.6. The molecular weight excluding hydrogens is 266 g/mol. The van der Waals surface area contributed by atoms with Crippen molar-refractivity contribution in [2.75, 3.05) is 0 Å². The number of ether oxygens (including phenoxy) is 1. The van der Waals surface area contributed by atoms with Crippen LogP contribution < -0.4 is 5.73 Å². The van der Waals surface area contributed by atoms with E-state index in [0.717, 1.165) is 17.4 Å². The first-order valence-corrected chi connectivity index (χ1v) is 6.69. The summed E-state index contributed by atoms with van der Waals surface area (Å²) in [4.78, 5) is 22.6. The second-order valence-electron chi connectivity index (χ2n) is 4.77. The third-order valence-electron chi connectivity index (χ3n) is 3.07. The standard InChI is InChI=1S/C17H17NO3/c18-16(10-14-7-4-8-15(9-14)11-19)17(20)21-12-13-5-2-1-3-6-13/h1-9,11,16H,10,12,18H2/t16-/m0/s1. The minimum Gasteiger partial charge on any atom is -0.460 e. The van der Waals surface area contributed by atoms with Crippen molar-refractivity contribution in [3.8, 4) is 0 Å². The molecule has 4 heteroatoms. The molecule has 0 radical (unpaired) electrons. The molecule has 0 saturated heterocycles. The van der Waals surface area contributed by atoms with Gasteiger partial charge < -0.3 is 10.5 Å². The molecule has 4 nitrogen and oxygen atoms in total. The number of carbonyl (C=O) groups excluding carboxylic acids is 2. The Balaban J connectivity index is 1.88. The van der Waals surface area contributed by atoms with Crippen LogP contribution in [0.1, 0.15) is 21.5 Å². The largest absolute Gasteiger partial charge is 0.460 e. The maximum absolute atomic E-state index is 11.9. The van der Waals surface area contributed by atoms with E-state index in [1.165, 1.54) is 0 Å². The highest BCUT2D eigenvalue weighted by atomic mass is 16.5. The van der Waals surface area contributed by atoms with Gasteiger partial charge in [-0.25, -0.2) is 0 Å². The van der Waals surface area contributed by atoms with Gasteiger partial charge in [0.2, 0.25) is 0 Å². The minimum atomic E-state index is -0.740. The lowest BCUT2D eigenvalue weighted by molar-refractivity contribution is -0.146. The molecule has 2 N–H and O–H groups in total. The van der Waals surface area contributed by atoms with E-state index in [-0.39, 0.29) is 6.61 Å². The summed E-state index contributed by atoms with van der Waals surface area (Å²) >= 11 is 0. The van der Waals surface area contributed by atoms with Gasteiger partial charge in [-0.1, -0.05) is 48.5 Å². The first-order chi connectivity index (χ1) is 10.2. The molecule has 2 rings (SSSR count). The Bertz CT molecular complexity index is 610. The lowest BCUT2D eigenvalue weighted by Crippen LogP contribution is -2.34. The number of hydrogen-bond acceptors (Lipinski definition) is 4. The van der Waals surface area contributed by atoms with Crippen LogP contribution in [-0.2, 0) is 22.6 Å². The Kier molecular flexibility index (Phi) is 5.23. The number of esters is 1. The average molecular weight is 283 g/mol. The summed E-state index contributed by atoms with van der Waals surface area (Å²) in [5, 5.41) is 0. The molecule has 2 aromatic carbocycles. The van der Waals surface area contributed by atoms with Crippen LogP contribution in [0.25, 0.3) is 0 Å². The van der Waals surface area contributed by atoms with E-state index < -0.39 is 12.0 Å². The Hall–Kier alpha value is -2.46. The summed E-state index contributed by atoms with van der Waals surface area (Å²) in [6.07, 6.45) is 1.11. The third-order valence-corrected chi connectivity index (χ3v) is 3.07. The molecule has 108 valence electrons. The van der Waals surface area contributed by atoms with Crippen LogP contribution in [0.15, 0.2) is 54.6 Å². The van der Waals surface area contributed by atoms with E-state index in [2.05, 4.69) is 0 Å². The first-order valence-electron chi connectivity index (χ1n) is 6.69. The van der Waals surface area contributed by atoms with Crippen LogP contribution in [0, 0.1) is 0 Å². The molecule has 0 bridgehead atoms. The second kappa shape index (κ2) is 7.36. The van der Waals surface area contributed by atoms with Gasteiger partial charge in [-0.2, -0.15) is 0 Å². The Morgan fingerprint density at radius 3 is 2.52 bits per heavy atom. The molecule has 0 aliphatic rings. The molecule has 0 spiro atoms. The maximum atomic E-state index is 11.9. The topological polar surface area (TPSA) is 69.4 Å². The molecule has 2 aromatic rings. The lowest BCUT2D eigenvalue weighted by Gasteiger charge is -2.12. The molecule has 1 atom stereocenters. The lowest BCUT2D eigenvalue weighted by atomic mass is 10.0. The highest BCUT2D eigenvalue weighted by Gasteiger charge is 2.15. The van der Waals surface area contributed by atoms with Gasteiger partial charge in [-0.05, 0) is 23.6 Å². The van der Waals surface area contributed by atoms with Gasteiger partial charge in [0.05, 0.1) is 0 Å². The number of aldehydes is 1. The zero-order chi connectivity index (χ0) is 15.1. The van der Waals surface area contributed by atoms with Crippen molar-refractivity contribution < 1.29 is 14.3 Å². The van der Waals surface area contributed by atoms with Gasteiger partial charge in [-0.15, -0.1) is 0 Å². The number of nitrogens with two attached hydrogens (primary N) is 1. The van der Waals surface area contributed by atoms with E-state index in [4.69, 9.17) is 10.5 Å². The van der Waals surface area contributed by atoms with Crippen molar-refractivity contribution in [1.29, 1.82) is 0 Å². The van der Waals surface area contributed by atoms with Gasteiger partial charge in [0.15, 0.2) is 0 Å². The zero-order valence-electron chi connectivity index (χ0n) is 11.6. The van der Waals surface area contributed by atoms with Gasteiger partial charge in [-0.3, -0.25) is 9.59 Å². The fraction of sp³-hybridized carbons (Fsp3) is 0.176. The molecule has 0 unspecified atom stereocenters. The number of hydrogen-bond donors (Lipinski definition) is 1. The van der Waals surface area contributed by atoms with Gasteiger partial charge >= 0.3 is 5.97 Å². The summed E-state index contributed by atoms with van der Waals surface area (Å²) < 4.78 is 5.19. The first kappa shape index (κ1) is 14.9. The molecule has 0 fully saturated rings. The monoisotopic (exact) mass is 283 g/mol. The predicted octanol–water partition coefficient (Wildman–Crippen LogP) is 2.11. The van der Waals surface area contributed by atoms with E-state index in [1.54, 1.807) is 18.2 Å². The van der Waals surface area contributed by atoms with Gasteiger partial charge in [0.1, 0.15) is 18.9 Å². The quantitative estimate of drug-likeness (QED) is 0.651. The van der Waals surface area contributed by atoms with Crippen LogP contribution in [-0.4, -0.2) is 18.3 Å². The van der Waals surface area contributed by atoms with E-state index in [1.807, 2.05) is 36.4 Å². The van der Waals surface area contributed by atoms with Crippen molar-refractivity contribution in [3.63, 3.8) is 0 Å². The van der Waals surface area contributed by atoms with Crippen molar-refractivity contribution in [1.82, 2.24) is 0 Å². The summed E-state index contributed by atoms with van der Waals surface area (Å²) in [6, 6.07) is 15.7. The van der Waals surface area contributed by atoms with Crippen LogP contribution in [0.3, 0.4) is 0 Å². The van der Waals surface area contributed by atoms with Crippen molar-refractivity contribution >= 4 is 12.3 Å². The summed E-state index contributed by atoms with van der Waals surface area (Å²) in [5.74, 6) is -0.449. The number of benzene rings is 2. The van der Waals surface area contributed by atoms with Gasteiger partial charge in [0.25, 0.3) is 0 Å². The number of carbonyl (C=O) groups is 2. The molecule has 0 saturated carbocycles. The fourth-order valence-corrected chi connectivity index (χ4v) is 1.97. The van der Waals surface area contributed by atoms with E-state index in [0.29, 0.717) is 12.0 Å². The van der Waals surface area contributed by atoms with Crippen LogP contribution >= 0.6 is 0 Å². The summed E-state index contributed by atoms with van der Waals surface area (Å²) in [5.41, 5.74) is 8.16. The molecule has 0 amide bonds. The molecule has 0 aromatic heterocycles. The summed E-state index contributed by atoms with van der Waals surface area (Å²) in [7, 11) is 0. The predicted molar refractivity (Wildman–Crippen MR) is 79.7 cm³/mol. The Morgan fingerprint density at radius 2 is 1.81 bits per heavy atom. The van der Waals surface area contributed by atoms with Crippen LogP contribution in [0.4, 0.5) is 0 Å². The summed E-state index contributed by atoms with van der Waals surface area (Å²) in [6.45, 7) is 0.210. The fourth-order valence-electron chi connectivity index (χ4n) is 1.97. The molecule has 0 aliphatic heterocycles. The molecule has 0 heterocycles. The SMILES string of the molecule is N[C@@H](Cc1cccc(C=O)c1)C(=O)OCc1ccccc1. The van der Waals surface area contributed by atoms with Crippen LogP contribution in [0.5, 0.6) is 0 Å².